The molecule has 0 amide bonds. The van der Waals surface area contributed by atoms with E-state index in [1.807, 2.05) is 0 Å². The van der Waals surface area contributed by atoms with Crippen LogP contribution in [0.5, 0.6) is 0 Å². The van der Waals surface area contributed by atoms with E-state index in [-0.39, 0.29) is 12.4 Å². The SMILES string of the molecule is CN(C)CC[C@H]1CCNC1.Cl. The molecule has 1 heterocycles. The average Bonchev–Trinajstić information content (AvgIpc) is 2.34. The molecular formula is C8H19ClN2. The van der Waals surface area contributed by atoms with E-state index in [0.717, 1.165) is 5.92 Å². The van der Waals surface area contributed by atoms with Crippen LogP contribution in [0, 0.1) is 5.92 Å². The van der Waals surface area contributed by atoms with E-state index in [0.29, 0.717) is 0 Å². The minimum absolute atomic E-state index is 0. The smallest absolute Gasteiger partial charge is 0.00196 e. The fourth-order valence-corrected chi connectivity index (χ4v) is 1.40. The first-order valence-corrected chi connectivity index (χ1v) is 4.14. The number of hydrogen-bond acceptors (Lipinski definition) is 2. The first-order chi connectivity index (χ1) is 4.79. The summed E-state index contributed by atoms with van der Waals surface area (Å²) in [5.74, 6) is 0.947. The van der Waals surface area contributed by atoms with Crippen LogP contribution in [-0.2, 0) is 0 Å². The third kappa shape index (κ3) is 4.62. The van der Waals surface area contributed by atoms with Crippen LogP contribution in [-0.4, -0.2) is 38.6 Å². The molecule has 1 atom stereocenters. The summed E-state index contributed by atoms with van der Waals surface area (Å²) < 4.78 is 0. The minimum Gasteiger partial charge on any atom is -0.316 e. The highest BCUT2D eigenvalue weighted by Crippen LogP contribution is 2.11. The summed E-state index contributed by atoms with van der Waals surface area (Å²) in [6.07, 6.45) is 2.74. The maximum absolute atomic E-state index is 3.38. The maximum atomic E-state index is 3.38. The van der Waals surface area contributed by atoms with Crippen LogP contribution in [0.1, 0.15) is 12.8 Å². The molecule has 0 aromatic carbocycles. The van der Waals surface area contributed by atoms with Crippen LogP contribution in [0.2, 0.25) is 0 Å². The molecule has 0 aromatic heterocycles. The van der Waals surface area contributed by atoms with Gasteiger partial charge in [0.25, 0.3) is 0 Å². The molecule has 11 heavy (non-hydrogen) atoms. The van der Waals surface area contributed by atoms with Gasteiger partial charge in [0.2, 0.25) is 0 Å². The molecule has 1 N–H and O–H groups in total. The van der Waals surface area contributed by atoms with E-state index in [2.05, 4.69) is 24.3 Å². The Kier molecular flexibility index (Phi) is 5.92. The lowest BCUT2D eigenvalue weighted by atomic mass is 10.1. The van der Waals surface area contributed by atoms with Crippen molar-refractivity contribution >= 4 is 12.4 Å². The van der Waals surface area contributed by atoms with Gasteiger partial charge in [0.15, 0.2) is 0 Å². The molecule has 1 rings (SSSR count). The van der Waals surface area contributed by atoms with Crippen LogP contribution < -0.4 is 5.32 Å². The Morgan fingerprint density at radius 3 is 2.64 bits per heavy atom. The molecule has 0 aliphatic carbocycles. The number of rotatable bonds is 3. The zero-order chi connectivity index (χ0) is 7.40. The molecule has 0 bridgehead atoms. The van der Waals surface area contributed by atoms with Crippen molar-refractivity contribution in [3.8, 4) is 0 Å². The Morgan fingerprint density at radius 1 is 1.45 bits per heavy atom. The highest BCUT2D eigenvalue weighted by Gasteiger charge is 2.13. The molecule has 1 fully saturated rings. The van der Waals surface area contributed by atoms with Gasteiger partial charge in [0, 0.05) is 0 Å². The van der Waals surface area contributed by atoms with Gasteiger partial charge in [0.05, 0.1) is 0 Å². The minimum atomic E-state index is 0. The lowest BCUT2D eigenvalue weighted by Gasteiger charge is -2.12. The van der Waals surface area contributed by atoms with Gasteiger partial charge in [0.1, 0.15) is 0 Å². The van der Waals surface area contributed by atoms with E-state index in [9.17, 15) is 0 Å². The van der Waals surface area contributed by atoms with Crippen LogP contribution in [0.4, 0.5) is 0 Å². The normalized spacial score (nSPS) is 23.7. The summed E-state index contributed by atoms with van der Waals surface area (Å²) in [5.41, 5.74) is 0. The lowest BCUT2D eigenvalue weighted by molar-refractivity contribution is 0.360. The van der Waals surface area contributed by atoms with Crippen molar-refractivity contribution < 1.29 is 0 Å². The van der Waals surface area contributed by atoms with Gasteiger partial charge in [-0.25, -0.2) is 0 Å². The fraction of sp³-hybridized carbons (Fsp3) is 1.00. The summed E-state index contributed by atoms with van der Waals surface area (Å²) in [6.45, 7) is 3.72. The second-order valence-corrected chi connectivity index (χ2v) is 3.45. The van der Waals surface area contributed by atoms with Gasteiger partial charge in [-0.2, -0.15) is 0 Å². The second-order valence-electron chi connectivity index (χ2n) is 3.45. The number of hydrogen-bond donors (Lipinski definition) is 1. The second kappa shape index (κ2) is 5.81. The van der Waals surface area contributed by atoms with Crippen molar-refractivity contribution in [1.82, 2.24) is 10.2 Å². The molecule has 0 spiro atoms. The van der Waals surface area contributed by atoms with Crippen molar-refractivity contribution in [2.24, 2.45) is 5.92 Å². The fourth-order valence-electron chi connectivity index (χ4n) is 1.40. The number of nitrogens with zero attached hydrogens (tertiary/aromatic N) is 1. The van der Waals surface area contributed by atoms with E-state index in [1.54, 1.807) is 0 Å². The van der Waals surface area contributed by atoms with Crippen molar-refractivity contribution in [2.45, 2.75) is 12.8 Å². The average molecular weight is 179 g/mol. The van der Waals surface area contributed by atoms with Gasteiger partial charge < -0.3 is 10.2 Å². The van der Waals surface area contributed by atoms with Gasteiger partial charge in [-0.05, 0) is 52.5 Å². The van der Waals surface area contributed by atoms with Crippen LogP contribution in [0.15, 0.2) is 0 Å². The van der Waals surface area contributed by atoms with Crippen molar-refractivity contribution in [2.75, 3.05) is 33.7 Å². The molecule has 0 saturated carbocycles. The molecule has 1 saturated heterocycles. The zero-order valence-electron chi connectivity index (χ0n) is 7.47. The molecule has 0 unspecified atom stereocenters. The van der Waals surface area contributed by atoms with E-state index in [1.165, 1.54) is 32.5 Å². The van der Waals surface area contributed by atoms with Gasteiger partial charge >= 0.3 is 0 Å². The number of nitrogens with one attached hydrogen (secondary N) is 1. The van der Waals surface area contributed by atoms with Gasteiger partial charge in [-0.3, -0.25) is 0 Å². The Labute approximate surface area is 75.8 Å². The van der Waals surface area contributed by atoms with Crippen molar-refractivity contribution in [1.29, 1.82) is 0 Å². The van der Waals surface area contributed by atoms with Crippen molar-refractivity contribution in [3.05, 3.63) is 0 Å². The molecule has 1 aliphatic rings. The third-order valence-corrected chi connectivity index (χ3v) is 2.15. The van der Waals surface area contributed by atoms with Crippen LogP contribution in [0.3, 0.4) is 0 Å². The third-order valence-electron chi connectivity index (χ3n) is 2.15. The van der Waals surface area contributed by atoms with Gasteiger partial charge in [-0.1, -0.05) is 0 Å². The molecule has 3 heteroatoms. The first-order valence-electron chi connectivity index (χ1n) is 4.14. The predicted molar refractivity (Wildman–Crippen MR) is 51.4 cm³/mol. The standard InChI is InChI=1S/C8H18N2.ClH/c1-10(2)6-4-8-3-5-9-7-8;/h8-9H,3-7H2,1-2H3;1H/t8-;/m1./s1. The molecule has 68 valence electrons. The summed E-state index contributed by atoms with van der Waals surface area (Å²) in [7, 11) is 4.28. The van der Waals surface area contributed by atoms with E-state index >= 15 is 0 Å². The lowest BCUT2D eigenvalue weighted by Crippen LogP contribution is -2.18. The predicted octanol–water partition coefficient (Wildman–Crippen LogP) is 0.969. The molecule has 0 radical (unpaired) electrons. The van der Waals surface area contributed by atoms with Gasteiger partial charge in [-0.15, -0.1) is 12.4 Å². The first kappa shape index (κ1) is 11.2. The Hall–Kier alpha value is 0.210. The molecule has 1 aliphatic heterocycles. The monoisotopic (exact) mass is 178 g/mol. The zero-order valence-corrected chi connectivity index (χ0v) is 8.28. The molecule has 2 nitrogen and oxygen atoms in total. The van der Waals surface area contributed by atoms with E-state index < -0.39 is 0 Å². The van der Waals surface area contributed by atoms with Crippen LogP contribution in [0.25, 0.3) is 0 Å². The molecule has 0 aromatic rings. The van der Waals surface area contributed by atoms with E-state index in [4.69, 9.17) is 0 Å². The molecular weight excluding hydrogens is 160 g/mol. The highest BCUT2D eigenvalue weighted by molar-refractivity contribution is 5.85. The van der Waals surface area contributed by atoms with Crippen LogP contribution >= 0.6 is 12.4 Å². The Balaban J connectivity index is 0.000001000. The topological polar surface area (TPSA) is 15.3 Å². The maximum Gasteiger partial charge on any atom is -0.00196 e. The highest BCUT2D eigenvalue weighted by atomic mass is 35.5. The number of halogens is 1. The Morgan fingerprint density at radius 2 is 2.18 bits per heavy atom. The summed E-state index contributed by atoms with van der Waals surface area (Å²) in [6, 6.07) is 0. The Bertz CT molecular complexity index is 90.1. The summed E-state index contributed by atoms with van der Waals surface area (Å²) >= 11 is 0. The summed E-state index contributed by atoms with van der Waals surface area (Å²) in [4.78, 5) is 2.26. The van der Waals surface area contributed by atoms with Crippen molar-refractivity contribution in [3.63, 3.8) is 0 Å². The quantitative estimate of drug-likeness (QED) is 0.693. The summed E-state index contributed by atoms with van der Waals surface area (Å²) in [5, 5.41) is 3.38. The largest absolute Gasteiger partial charge is 0.316 e.